The molecule has 0 saturated carbocycles. The van der Waals surface area contributed by atoms with E-state index in [4.69, 9.17) is 14.5 Å². The Bertz CT molecular complexity index is 379. The zero-order valence-electron chi connectivity index (χ0n) is 14.5. The van der Waals surface area contributed by atoms with Gasteiger partial charge in [0.2, 0.25) is 0 Å². The van der Waals surface area contributed by atoms with E-state index in [1.165, 1.54) is 38.8 Å². The normalized spacial score (nSPS) is 30.7. The Morgan fingerprint density at radius 2 is 2.04 bits per heavy atom. The molecule has 23 heavy (non-hydrogen) atoms. The molecule has 0 radical (unpaired) electrons. The van der Waals surface area contributed by atoms with Crippen LogP contribution in [0.15, 0.2) is 4.99 Å². The highest BCUT2D eigenvalue weighted by molar-refractivity contribution is 5.80. The highest BCUT2D eigenvalue weighted by Gasteiger charge is 2.30. The average molecular weight is 324 g/mol. The lowest BCUT2D eigenvalue weighted by atomic mass is 10.1. The molecule has 132 valence electrons. The van der Waals surface area contributed by atoms with Crippen LogP contribution in [0.4, 0.5) is 0 Å². The van der Waals surface area contributed by atoms with Gasteiger partial charge >= 0.3 is 0 Å². The fraction of sp³-hybridized carbons (Fsp3) is 0.941. The summed E-state index contributed by atoms with van der Waals surface area (Å²) in [4.78, 5) is 9.92. The van der Waals surface area contributed by atoms with Crippen molar-refractivity contribution in [3.05, 3.63) is 0 Å². The fourth-order valence-electron chi connectivity index (χ4n) is 3.77. The summed E-state index contributed by atoms with van der Waals surface area (Å²) in [6, 6.07) is 0.702. The van der Waals surface area contributed by atoms with Crippen LogP contribution in [0.2, 0.25) is 0 Å². The summed E-state index contributed by atoms with van der Waals surface area (Å²) in [5.41, 5.74) is 0. The number of guanidine groups is 1. The van der Waals surface area contributed by atoms with Gasteiger partial charge in [0.15, 0.2) is 5.96 Å². The van der Waals surface area contributed by atoms with Gasteiger partial charge < -0.3 is 19.7 Å². The van der Waals surface area contributed by atoms with Gasteiger partial charge in [-0.1, -0.05) is 6.42 Å². The molecule has 3 rings (SSSR count). The van der Waals surface area contributed by atoms with Crippen molar-refractivity contribution in [1.29, 1.82) is 0 Å². The quantitative estimate of drug-likeness (QED) is 0.616. The van der Waals surface area contributed by atoms with Crippen LogP contribution in [0, 0.1) is 0 Å². The first-order valence-corrected chi connectivity index (χ1v) is 9.33. The highest BCUT2D eigenvalue weighted by Crippen LogP contribution is 2.20. The number of nitrogens with zero attached hydrogens (tertiary/aromatic N) is 3. The third-order valence-corrected chi connectivity index (χ3v) is 5.03. The van der Waals surface area contributed by atoms with Gasteiger partial charge in [0.25, 0.3) is 0 Å². The van der Waals surface area contributed by atoms with Crippen molar-refractivity contribution in [2.24, 2.45) is 4.99 Å². The van der Waals surface area contributed by atoms with Gasteiger partial charge in [-0.05, 0) is 39.3 Å². The summed E-state index contributed by atoms with van der Waals surface area (Å²) in [7, 11) is 0. The van der Waals surface area contributed by atoms with E-state index in [9.17, 15) is 0 Å². The maximum atomic E-state index is 5.70. The van der Waals surface area contributed by atoms with Gasteiger partial charge in [-0.25, -0.2) is 0 Å². The van der Waals surface area contributed by atoms with Crippen LogP contribution in [-0.4, -0.2) is 87.0 Å². The number of likely N-dealkylation sites (tertiary alicyclic amines) is 2. The number of piperidine rings is 1. The van der Waals surface area contributed by atoms with Gasteiger partial charge in [0, 0.05) is 25.7 Å². The lowest BCUT2D eigenvalue weighted by Gasteiger charge is -2.32. The lowest BCUT2D eigenvalue weighted by Crippen LogP contribution is -2.45. The standard InChI is InChI=1S/C17H32N4O2/c1-2-18-17(19-12-16-14-22-10-11-23-16)21-9-6-15(13-21)20-7-4-3-5-8-20/h15-16H,2-14H2,1H3,(H,18,19). The Balaban J connectivity index is 1.53. The second-order valence-corrected chi connectivity index (χ2v) is 6.75. The van der Waals surface area contributed by atoms with E-state index < -0.39 is 0 Å². The molecule has 0 spiro atoms. The van der Waals surface area contributed by atoms with E-state index in [2.05, 4.69) is 22.0 Å². The van der Waals surface area contributed by atoms with Crippen LogP contribution in [0.5, 0.6) is 0 Å². The van der Waals surface area contributed by atoms with Crippen LogP contribution in [0.1, 0.15) is 32.6 Å². The van der Waals surface area contributed by atoms with Gasteiger partial charge in [-0.2, -0.15) is 0 Å². The molecule has 0 amide bonds. The van der Waals surface area contributed by atoms with Crippen LogP contribution >= 0.6 is 0 Å². The van der Waals surface area contributed by atoms with Crippen molar-refractivity contribution >= 4 is 5.96 Å². The molecule has 3 aliphatic heterocycles. The smallest absolute Gasteiger partial charge is 0.194 e. The summed E-state index contributed by atoms with van der Waals surface area (Å²) < 4.78 is 11.2. The minimum atomic E-state index is 0.109. The maximum absolute atomic E-state index is 5.70. The Kier molecular flexibility index (Phi) is 6.54. The molecule has 0 aromatic heterocycles. The zero-order chi connectivity index (χ0) is 15.9. The number of hydrogen-bond acceptors (Lipinski definition) is 4. The van der Waals surface area contributed by atoms with Crippen molar-refractivity contribution in [2.45, 2.75) is 44.8 Å². The Hall–Kier alpha value is -0.850. The first-order valence-electron chi connectivity index (χ1n) is 9.33. The zero-order valence-corrected chi connectivity index (χ0v) is 14.5. The molecule has 1 N–H and O–H groups in total. The summed E-state index contributed by atoms with van der Waals surface area (Å²) in [5.74, 6) is 1.04. The second-order valence-electron chi connectivity index (χ2n) is 6.75. The minimum absolute atomic E-state index is 0.109. The highest BCUT2D eigenvalue weighted by atomic mass is 16.6. The number of rotatable bonds is 4. The van der Waals surface area contributed by atoms with Crippen molar-refractivity contribution in [3.63, 3.8) is 0 Å². The molecule has 0 aromatic carbocycles. The van der Waals surface area contributed by atoms with Crippen molar-refractivity contribution < 1.29 is 9.47 Å². The molecule has 3 aliphatic rings. The molecular formula is C17H32N4O2. The van der Waals surface area contributed by atoms with E-state index in [0.717, 1.165) is 25.6 Å². The maximum Gasteiger partial charge on any atom is 0.194 e. The summed E-state index contributed by atoms with van der Waals surface area (Å²) in [6.07, 6.45) is 5.50. The SMILES string of the molecule is CCNC(=NCC1COCCO1)N1CCC(N2CCCCC2)C1. The molecule has 0 aliphatic carbocycles. The predicted molar refractivity (Wildman–Crippen MR) is 91.9 cm³/mol. The predicted octanol–water partition coefficient (Wildman–Crippen LogP) is 0.928. The molecule has 0 bridgehead atoms. The van der Waals surface area contributed by atoms with E-state index in [1.807, 2.05) is 0 Å². The minimum Gasteiger partial charge on any atom is -0.376 e. The monoisotopic (exact) mass is 324 g/mol. The topological polar surface area (TPSA) is 49.3 Å². The molecule has 3 saturated heterocycles. The summed E-state index contributed by atoms with van der Waals surface area (Å²) in [5, 5.41) is 3.45. The molecule has 6 heteroatoms. The third-order valence-electron chi connectivity index (χ3n) is 5.03. The van der Waals surface area contributed by atoms with Gasteiger partial charge in [-0.3, -0.25) is 9.89 Å². The number of hydrogen-bond donors (Lipinski definition) is 1. The molecule has 3 fully saturated rings. The molecule has 6 nitrogen and oxygen atoms in total. The fourth-order valence-corrected chi connectivity index (χ4v) is 3.77. The van der Waals surface area contributed by atoms with Crippen LogP contribution in [-0.2, 0) is 9.47 Å². The number of nitrogens with one attached hydrogen (secondary N) is 1. The number of aliphatic imine (C=N–C) groups is 1. The van der Waals surface area contributed by atoms with Gasteiger partial charge in [0.05, 0.1) is 26.4 Å². The second kappa shape index (κ2) is 8.85. The van der Waals surface area contributed by atoms with Crippen molar-refractivity contribution in [2.75, 3.05) is 59.1 Å². The Labute approximate surface area is 140 Å². The molecule has 0 aromatic rings. The van der Waals surface area contributed by atoms with Crippen LogP contribution in [0.3, 0.4) is 0 Å². The van der Waals surface area contributed by atoms with Gasteiger partial charge in [-0.15, -0.1) is 0 Å². The summed E-state index contributed by atoms with van der Waals surface area (Å²) in [6.45, 7) is 10.6. The first-order chi connectivity index (χ1) is 11.4. The molecule has 2 atom stereocenters. The van der Waals surface area contributed by atoms with Crippen molar-refractivity contribution in [3.8, 4) is 0 Å². The summed E-state index contributed by atoms with van der Waals surface area (Å²) >= 11 is 0. The van der Waals surface area contributed by atoms with E-state index >= 15 is 0 Å². The Morgan fingerprint density at radius 3 is 2.78 bits per heavy atom. The molecule has 3 heterocycles. The number of ether oxygens (including phenoxy) is 2. The molecular weight excluding hydrogens is 292 g/mol. The third kappa shape index (κ3) is 4.81. The van der Waals surface area contributed by atoms with Crippen LogP contribution < -0.4 is 5.32 Å². The van der Waals surface area contributed by atoms with Gasteiger partial charge in [0.1, 0.15) is 6.10 Å². The van der Waals surface area contributed by atoms with E-state index in [0.29, 0.717) is 32.4 Å². The van der Waals surface area contributed by atoms with Crippen molar-refractivity contribution in [1.82, 2.24) is 15.1 Å². The van der Waals surface area contributed by atoms with E-state index in [1.54, 1.807) is 0 Å². The van der Waals surface area contributed by atoms with Crippen LogP contribution in [0.25, 0.3) is 0 Å². The Morgan fingerprint density at radius 1 is 1.17 bits per heavy atom. The molecule has 2 unspecified atom stereocenters. The lowest BCUT2D eigenvalue weighted by molar-refractivity contribution is -0.0833. The largest absolute Gasteiger partial charge is 0.376 e. The first kappa shape index (κ1) is 17.0. The van der Waals surface area contributed by atoms with E-state index in [-0.39, 0.29) is 6.10 Å². The average Bonchev–Trinajstić information content (AvgIpc) is 3.10.